The van der Waals surface area contributed by atoms with Gasteiger partial charge in [-0.15, -0.1) is 24.8 Å². The summed E-state index contributed by atoms with van der Waals surface area (Å²) >= 11 is 0. The molecule has 1 aromatic carbocycles. The predicted octanol–water partition coefficient (Wildman–Crippen LogP) is 1.33. The molecule has 0 aromatic heterocycles. The number of likely N-dealkylation sites (N-methyl/N-ethyl adjacent to an activating group) is 1. The zero-order valence-corrected chi connectivity index (χ0v) is 16.2. The number of piperazine rings is 1. The Labute approximate surface area is 161 Å². The Balaban J connectivity index is 0.00000288. The van der Waals surface area contributed by atoms with Crippen molar-refractivity contribution in [1.29, 1.82) is 0 Å². The van der Waals surface area contributed by atoms with Crippen LogP contribution < -0.4 is 11.1 Å². The van der Waals surface area contributed by atoms with E-state index in [2.05, 4.69) is 10.2 Å². The van der Waals surface area contributed by atoms with E-state index in [1.807, 2.05) is 36.1 Å². The first-order valence-corrected chi connectivity index (χ1v) is 8.20. The lowest BCUT2D eigenvalue weighted by Gasteiger charge is -2.34. The quantitative estimate of drug-likeness (QED) is 0.718. The van der Waals surface area contributed by atoms with Gasteiger partial charge in [0.25, 0.3) is 0 Å². The van der Waals surface area contributed by atoms with Gasteiger partial charge in [-0.25, -0.2) is 0 Å². The topological polar surface area (TPSA) is 78.7 Å². The molecule has 1 heterocycles. The van der Waals surface area contributed by atoms with Crippen LogP contribution in [0.3, 0.4) is 0 Å². The van der Waals surface area contributed by atoms with Crippen LogP contribution >= 0.6 is 24.8 Å². The second-order valence-electron chi connectivity index (χ2n) is 5.81. The Morgan fingerprint density at radius 1 is 1.12 bits per heavy atom. The number of amides is 2. The van der Waals surface area contributed by atoms with E-state index in [0.29, 0.717) is 39.0 Å². The minimum absolute atomic E-state index is 0. The molecule has 0 bridgehead atoms. The van der Waals surface area contributed by atoms with Crippen LogP contribution in [0.15, 0.2) is 24.3 Å². The number of carbonyl (C=O) groups is 2. The van der Waals surface area contributed by atoms with Crippen molar-refractivity contribution in [1.82, 2.24) is 15.1 Å². The summed E-state index contributed by atoms with van der Waals surface area (Å²) in [7, 11) is 0. The van der Waals surface area contributed by atoms with Crippen LogP contribution in [-0.4, -0.2) is 60.9 Å². The van der Waals surface area contributed by atoms with E-state index in [0.717, 1.165) is 24.3 Å². The van der Waals surface area contributed by atoms with Crippen molar-refractivity contribution in [3.63, 3.8) is 0 Å². The zero-order chi connectivity index (χ0) is 16.7. The van der Waals surface area contributed by atoms with Crippen molar-refractivity contribution < 1.29 is 9.59 Å². The summed E-state index contributed by atoms with van der Waals surface area (Å²) in [6, 6.07) is 7.66. The molecule has 1 saturated heterocycles. The van der Waals surface area contributed by atoms with Gasteiger partial charge in [0.2, 0.25) is 11.8 Å². The van der Waals surface area contributed by atoms with E-state index in [4.69, 9.17) is 5.73 Å². The normalized spacial score (nSPS) is 14.2. The number of nitrogen functional groups attached to an aromatic ring is 1. The highest BCUT2D eigenvalue weighted by molar-refractivity contribution is 5.85. The Morgan fingerprint density at radius 3 is 2.36 bits per heavy atom. The minimum Gasteiger partial charge on any atom is -0.399 e. The first kappa shape index (κ1) is 23.5. The zero-order valence-electron chi connectivity index (χ0n) is 14.6. The summed E-state index contributed by atoms with van der Waals surface area (Å²) in [5, 5.41) is 2.80. The molecular formula is C17H28Cl2N4O2. The largest absolute Gasteiger partial charge is 0.399 e. The number of para-hydroxylation sites is 1. The number of carbonyl (C=O) groups excluding carboxylic acids is 2. The van der Waals surface area contributed by atoms with Crippen LogP contribution in [-0.2, 0) is 16.0 Å². The summed E-state index contributed by atoms with van der Waals surface area (Å²) in [5.74, 6) is 0.206. The van der Waals surface area contributed by atoms with Gasteiger partial charge in [-0.2, -0.15) is 0 Å². The Bertz CT molecular complexity index is 549. The number of nitrogens with zero attached hydrogens (tertiary/aromatic N) is 2. The third-order valence-electron chi connectivity index (χ3n) is 4.13. The summed E-state index contributed by atoms with van der Waals surface area (Å²) < 4.78 is 0. The lowest BCUT2D eigenvalue weighted by atomic mass is 10.1. The molecule has 142 valence electrons. The first-order valence-electron chi connectivity index (χ1n) is 8.20. The minimum atomic E-state index is 0. The maximum atomic E-state index is 12.3. The van der Waals surface area contributed by atoms with E-state index in [-0.39, 0.29) is 36.6 Å². The maximum Gasteiger partial charge on any atom is 0.234 e. The predicted molar refractivity (Wildman–Crippen MR) is 105 cm³/mol. The van der Waals surface area contributed by atoms with Gasteiger partial charge < -0.3 is 16.0 Å². The molecule has 25 heavy (non-hydrogen) atoms. The SMILES string of the molecule is CCNC(=O)CN1CCN(C(=O)CCc2ccccc2N)CC1.Cl.Cl. The van der Waals surface area contributed by atoms with Crippen molar-refractivity contribution >= 4 is 42.3 Å². The molecular weight excluding hydrogens is 363 g/mol. The Hall–Kier alpha value is -1.50. The van der Waals surface area contributed by atoms with E-state index in [1.54, 1.807) is 0 Å². The molecule has 0 atom stereocenters. The highest BCUT2D eigenvalue weighted by Gasteiger charge is 2.22. The molecule has 2 rings (SSSR count). The number of rotatable bonds is 6. The average molecular weight is 391 g/mol. The molecule has 1 aliphatic rings. The maximum absolute atomic E-state index is 12.3. The lowest BCUT2D eigenvalue weighted by Crippen LogP contribution is -2.51. The van der Waals surface area contributed by atoms with Crippen LogP contribution in [0.2, 0.25) is 0 Å². The van der Waals surface area contributed by atoms with Gasteiger partial charge in [-0.05, 0) is 25.0 Å². The molecule has 6 nitrogen and oxygen atoms in total. The van der Waals surface area contributed by atoms with Gasteiger partial charge in [0, 0.05) is 44.8 Å². The second-order valence-corrected chi connectivity index (χ2v) is 5.81. The monoisotopic (exact) mass is 390 g/mol. The van der Waals surface area contributed by atoms with Gasteiger partial charge in [0.15, 0.2) is 0 Å². The summed E-state index contributed by atoms with van der Waals surface area (Å²) in [6.45, 7) is 5.84. The van der Waals surface area contributed by atoms with E-state index < -0.39 is 0 Å². The molecule has 1 aromatic rings. The number of nitrogens with one attached hydrogen (secondary N) is 1. The van der Waals surface area contributed by atoms with Gasteiger partial charge in [0.1, 0.15) is 0 Å². The number of hydrogen-bond donors (Lipinski definition) is 2. The van der Waals surface area contributed by atoms with E-state index >= 15 is 0 Å². The molecule has 1 fully saturated rings. The second kappa shape index (κ2) is 12.0. The highest BCUT2D eigenvalue weighted by atomic mass is 35.5. The van der Waals surface area contributed by atoms with E-state index in [9.17, 15) is 9.59 Å². The first-order chi connectivity index (χ1) is 11.1. The summed E-state index contributed by atoms with van der Waals surface area (Å²) in [4.78, 5) is 27.8. The number of anilines is 1. The van der Waals surface area contributed by atoms with Crippen LogP contribution in [0.25, 0.3) is 0 Å². The van der Waals surface area contributed by atoms with Crippen molar-refractivity contribution in [2.24, 2.45) is 0 Å². The van der Waals surface area contributed by atoms with Gasteiger partial charge in [-0.1, -0.05) is 18.2 Å². The average Bonchev–Trinajstić information content (AvgIpc) is 2.55. The van der Waals surface area contributed by atoms with Crippen LogP contribution in [0.5, 0.6) is 0 Å². The molecule has 0 radical (unpaired) electrons. The van der Waals surface area contributed by atoms with Crippen molar-refractivity contribution in [2.45, 2.75) is 19.8 Å². The van der Waals surface area contributed by atoms with Gasteiger partial charge in [-0.3, -0.25) is 14.5 Å². The van der Waals surface area contributed by atoms with Crippen LogP contribution in [0.4, 0.5) is 5.69 Å². The number of aryl methyl sites for hydroxylation is 1. The Kier molecular flexibility index (Phi) is 11.2. The molecule has 1 aliphatic heterocycles. The summed E-state index contributed by atoms with van der Waals surface area (Å²) in [5.41, 5.74) is 7.67. The highest BCUT2D eigenvalue weighted by Crippen LogP contribution is 2.14. The van der Waals surface area contributed by atoms with Crippen molar-refractivity contribution in [3.05, 3.63) is 29.8 Å². The van der Waals surface area contributed by atoms with Gasteiger partial charge >= 0.3 is 0 Å². The third kappa shape index (κ3) is 7.50. The summed E-state index contributed by atoms with van der Waals surface area (Å²) in [6.07, 6.45) is 1.15. The third-order valence-corrected chi connectivity index (χ3v) is 4.13. The van der Waals surface area contributed by atoms with Gasteiger partial charge in [0.05, 0.1) is 6.54 Å². The Morgan fingerprint density at radius 2 is 1.76 bits per heavy atom. The van der Waals surface area contributed by atoms with E-state index in [1.165, 1.54) is 0 Å². The number of hydrogen-bond acceptors (Lipinski definition) is 4. The number of nitrogens with two attached hydrogens (primary N) is 1. The molecule has 0 unspecified atom stereocenters. The van der Waals surface area contributed by atoms with Crippen LogP contribution in [0.1, 0.15) is 18.9 Å². The molecule has 0 aliphatic carbocycles. The number of benzene rings is 1. The van der Waals surface area contributed by atoms with Crippen LogP contribution in [0, 0.1) is 0 Å². The molecule has 2 amide bonds. The molecule has 0 spiro atoms. The standard InChI is InChI=1S/C17H26N4O2.2ClH/c1-2-19-16(22)13-20-9-11-21(12-10-20)17(23)8-7-14-5-3-4-6-15(14)18;;/h3-6H,2,7-13,18H2,1H3,(H,19,22);2*1H. The van der Waals surface area contributed by atoms with Crippen molar-refractivity contribution in [3.8, 4) is 0 Å². The van der Waals surface area contributed by atoms with Crippen molar-refractivity contribution in [2.75, 3.05) is 45.0 Å². The molecule has 0 saturated carbocycles. The lowest BCUT2D eigenvalue weighted by molar-refractivity contribution is -0.133. The smallest absolute Gasteiger partial charge is 0.234 e. The fraction of sp³-hybridized carbons (Fsp3) is 0.529. The fourth-order valence-corrected chi connectivity index (χ4v) is 2.77. The number of halogens is 2. The molecule has 3 N–H and O–H groups in total. The fourth-order valence-electron chi connectivity index (χ4n) is 2.77. The molecule has 8 heteroatoms.